The van der Waals surface area contributed by atoms with Crippen molar-refractivity contribution in [2.75, 3.05) is 17.2 Å². The largest absolute Gasteiger partial charge is 0.433 e. The zero-order valence-corrected chi connectivity index (χ0v) is 21.2. The SMILES string of the molecule is C=C(N=C(/C=C\C)c1nc(NCC(C)(O)C(C)CCC)nc(Nc2ccnc(C(F)(F)F)c2)n1)C(F)(F)F. The van der Waals surface area contributed by atoms with E-state index in [1.807, 2.05) is 13.8 Å². The number of aliphatic imine (C=N–C) groups is 1. The van der Waals surface area contributed by atoms with Gasteiger partial charge < -0.3 is 15.7 Å². The van der Waals surface area contributed by atoms with Crippen LogP contribution in [0.1, 0.15) is 52.1 Å². The Morgan fingerprint density at radius 2 is 1.82 bits per heavy atom. The highest BCUT2D eigenvalue weighted by molar-refractivity contribution is 6.06. The van der Waals surface area contributed by atoms with Gasteiger partial charge in [-0.3, -0.25) is 4.98 Å². The number of aliphatic hydroxyl groups is 1. The highest BCUT2D eigenvalue weighted by Gasteiger charge is 2.34. The number of hydrogen-bond acceptors (Lipinski definition) is 8. The number of rotatable bonds is 11. The number of anilines is 3. The number of alkyl halides is 6. The smallest absolute Gasteiger partial charge is 0.388 e. The maximum atomic E-state index is 13.1. The molecule has 2 unspecified atom stereocenters. The molecule has 0 aliphatic heterocycles. The minimum Gasteiger partial charge on any atom is -0.388 e. The first-order valence-corrected chi connectivity index (χ1v) is 11.6. The van der Waals surface area contributed by atoms with Crippen LogP contribution in [0.25, 0.3) is 0 Å². The van der Waals surface area contributed by atoms with Crippen LogP contribution in [-0.4, -0.2) is 49.1 Å². The summed E-state index contributed by atoms with van der Waals surface area (Å²) in [7, 11) is 0. The number of hydrogen-bond donors (Lipinski definition) is 3. The van der Waals surface area contributed by atoms with Crippen molar-refractivity contribution in [3.05, 3.63) is 54.3 Å². The first kappa shape index (κ1) is 30.7. The second-order valence-electron chi connectivity index (χ2n) is 8.70. The molecule has 0 radical (unpaired) electrons. The Labute approximate surface area is 216 Å². The topological polar surface area (TPSA) is 108 Å². The van der Waals surface area contributed by atoms with Gasteiger partial charge in [0, 0.05) is 18.4 Å². The van der Waals surface area contributed by atoms with Crippen molar-refractivity contribution in [3.63, 3.8) is 0 Å². The van der Waals surface area contributed by atoms with Crippen LogP contribution in [-0.2, 0) is 6.18 Å². The van der Waals surface area contributed by atoms with Gasteiger partial charge in [0.05, 0.1) is 5.60 Å². The van der Waals surface area contributed by atoms with Gasteiger partial charge in [0.1, 0.15) is 17.1 Å². The monoisotopic (exact) mass is 545 g/mol. The van der Waals surface area contributed by atoms with Crippen molar-refractivity contribution in [3.8, 4) is 0 Å². The molecule has 0 saturated heterocycles. The van der Waals surface area contributed by atoms with Crippen LogP contribution in [0.5, 0.6) is 0 Å². The van der Waals surface area contributed by atoms with Crippen molar-refractivity contribution in [1.82, 2.24) is 19.9 Å². The summed E-state index contributed by atoms with van der Waals surface area (Å²) in [5.74, 6) is -0.874. The van der Waals surface area contributed by atoms with Gasteiger partial charge in [-0.25, -0.2) is 4.99 Å². The van der Waals surface area contributed by atoms with Gasteiger partial charge in [-0.15, -0.1) is 0 Å². The Morgan fingerprint density at radius 1 is 1.16 bits per heavy atom. The first-order valence-electron chi connectivity index (χ1n) is 11.6. The zero-order chi connectivity index (χ0) is 28.7. The van der Waals surface area contributed by atoms with E-state index in [4.69, 9.17) is 0 Å². The Hall–Kier alpha value is -3.55. The summed E-state index contributed by atoms with van der Waals surface area (Å²) in [4.78, 5) is 19.1. The van der Waals surface area contributed by atoms with Crippen LogP contribution in [0.15, 0.2) is 47.7 Å². The highest BCUT2D eigenvalue weighted by atomic mass is 19.4. The van der Waals surface area contributed by atoms with E-state index < -0.39 is 29.3 Å². The molecule has 38 heavy (non-hydrogen) atoms. The maximum absolute atomic E-state index is 13.1. The number of nitrogens with zero attached hydrogens (tertiary/aromatic N) is 5. The predicted molar refractivity (Wildman–Crippen MR) is 132 cm³/mol. The predicted octanol–water partition coefficient (Wildman–Crippen LogP) is 6.07. The molecule has 2 aromatic rings. The van der Waals surface area contributed by atoms with Crippen LogP contribution < -0.4 is 10.6 Å². The Bertz CT molecular complexity index is 1180. The second-order valence-corrected chi connectivity index (χ2v) is 8.70. The van der Waals surface area contributed by atoms with Crippen LogP contribution in [0.4, 0.5) is 43.9 Å². The zero-order valence-electron chi connectivity index (χ0n) is 21.2. The Kier molecular flexibility index (Phi) is 9.95. The maximum Gasteiger partial charge on any atom is 0.433 e. The van der Waals surface area contributed by atoms with E-state index in [-0.39, 0.29) is 41.6 Å². The lowest BCUT2D eigenvalue weighted by molar-refractivity contribution is -0.141. The number of allylic oxidation sites excluding steroid dienone is 3. The van der Waals surface area contributed by atoms with Gasteiger partial charge in [0.2, 0.25) is 11.9 Å². The standard InChI is InChI=1S/C24H29F6N7O/c1-6-8-14(3)22(5,38)13-32-20-35-19(17(9-7-2)33-15(4)23(25,26)27)36-21(37-20)34-16-10-11-31-18(12-16)24(28,29)30/h7,9-12,14,38H,4,6,8,13H2,1-3,5H3,(H2,31,32,34,35,36,37)/b9-7-,33-17?. The molecule has 208 valence electrons. The van der Waals surface area contributed by atoms with Crippen molar-refractivity contribution >= 4 is 23.3 Å². The van der Waals surface area contributed by atoms with Crippen LogP contribution >= 0.6 is 0 Å². The van der Waals surface area contributed by atoms with E-state index in [9.17, 15) is 31.4 Å². The number of pyridine rings is 1. The normalized spacial score (nSPS) is 15.3. The van der Waals surface area contributed by atoms with Gasteiger partial charge >= 0.3 is 12.4 Å². The summed E-state index contributed by atoms with van der Waals surface area (Å²) >= 11 is 0. The molecule has 0 spiro atoms. The molecule has 0 aliphatic rings. The highest BCUT2D eigenvalue weighted by Crippen LogP contribution is 2.30. The van der Waals surface area contributed by atoms with Crippen LogP contribution in [0.3, 0.4) is 0 Å². The second kappa shape index (κ2) is 12.3. The fourth-order valence-electron chi connectivity index (χ4n) is 3.12. The minimum absolute atomic E-state index is 0.0319. The molecule has 0 amide bonds. The average Bonchev–Trinajstić information content (AvgIpc) is 2.81. The quantitative estimate of drug-likeness (QED) is 0.232. The van der Waals surface area contributed by atoms with Crippen molar-refractivity contribution in [2.24, 2.45) is 10.9 Å². The van der Waals surface area contributed by atoms with Gasteiger partial charge in [0.25, 0.3) is 0 Å². The molecule has 8 nitrogen and oxygen atoms in total. The number of nitrogens with one attached hydrogen (secondary N) is 2. The van der Waals surface area contributed by atoms with Crippen molar-refractivity contribution in [1.29, 1.82) is 0 Å². The minimum atomic E-state index is -4.82. The molecular weight excluding hydrogens is 516 g/mol. The first-order chi connectivity index (χ1) is 17.6. The van der Waals surface area contributed by atoms with Crippen LogP contribution in [0, 0.1) is 5.92 Å². The molecule has 0 bridgehead atoms. The summed E-state index contributed by atoms with van der Waals surface area (Å²) in [6.45, 7) is 9.87. The number of aromatic nitrogens is 4. The lowest BCUT2D eigenvalue weighted by Crippen LogP contribution is -2.40. The molecule has 0 fully saturated rings. The Morgan fingerprint density at radius 3 is 2.39 bits per heavy atom. The molecular formula is C24H29F6N7O. The third kappa shape index (κ3) is 8.78. The van der Waals surface area contributed by atoms with Crippen LogP contribution in [0.2, 0.25) is 0 Å². The lowest BCUT2D eigenvalue weighted by atomic mass is 9.87. The van der Waals surface area contributed by atoms with E-state index >= 15 is 0 Å². The summed E-state index contributed by atoms with van der Waals surface area (Å²) in [6, 6.07) is 1.95. The molecule has 0 saturated carbocycles. The van der Waals surface area contributed by atoms with Gasteiger partial charge in [-0.2, -0.15) is 41.3 Å². The fraction of sp³-hybridized carbons (Fsp3) is 0.458. The van der Waals surface area contributed by atoms with E-state index in [0.717, 1.165) is 25.1 Å². The van der Waals surface area contributed by atoms with Crippen molar-refractivity contribution in [2.45, 2.75) is 58.5 Å². The van der Waals surface area contributed by atoms with E-state index in [2.05, 4.69) is 42.1 Å². The number of halogens is 6. The van der Waals surface area contributed by atoms with Gasteiger partial charge in [-0.1, -0.05) is 32.9 Å². The van der Waals surface area contributed by atoms with Gasteiger partial charge in [0.15, 0.2) is 5.82 Å². The lowest BCUT2D eigenvalue weighted by Gasteiger charge is -2.30. The summed E-state index contributed by atoms with van der Waals surface area (Å²) in [6.07, 6.45) is -4.42. The summed E-state index contributed by atoms with van der Waals surface area (Å²) in [5.41, 5.74) is -4.18. The van der Waals surface area contributed by atoms with E-state index in [0.29, 0.717) is 0 Å². The third-order valence-electron chi connectivity index (χ3n) is 5.47. The van der Waals surface area contributed by atoms with Crippen molar-refractivity contribution < 1.29 is 31.4 Å². The third-order valence-corrected chi connectivity index (χ3v) is 5.47. The molecule has 2 atom stereocenters. The van der Waals surface area contributed by atoms with E-state index in [1.165, 1.54) is 25.1 Å². The molecule has 0 aliphatic carbocycles. The molecule has 2 heterocycles. The summed E-state index contributed by atoms with van der Waals surface area (Å²) in [5, 5.41) is 16.3. The summed E-state index contributed by atoms with van der Waals surface area (Å²) < 4.78 is 78.6. The molecule has 3 N–H and O–H groups in total. The Balaban J connectivity index is 2.55. The average molecular weight is 546 g/mol. The molecule has 2 aromatic heterocycles. The van der Waals surface area contributed by atoms with Gasteiger partial charge in [-0.05, 0) is 44.4 Å². The molecule has 0 aromatic carbocycles. The fourth-order valence-corrected chi connectivity index (χ4v) is 3.12. The molecule has 2 rings (SSSR count). The van der Waals surface area contributed by atoms with E-state index in [1.54, 1.807) is 6.92 Å². The molecule has 14 heteroatoms.